The Kier molecular flexibility index (Phi) is 4.60. The predicted molar refractivity (Wildman–Crippen MR) is 102 cm³/mol. The van der Waals surface area contributed by atoms with Gasteiger partial charge in [-0.05, 0) is 37.6 Å². The summed E-state index contributed by atoms with van der Waals surface area (Å²) in [5.41, 5.74) is 2.50. The van der Waals surface area contributed by atoms with Crippen LogP contribution in [0.15, 0.2) is 55.1 Å². The number of halogens is 1. The Morgan fingerprint density at radius 2 is 1.96 bits per heavy atom. The quantitative estimate of drug-likeness (QED) is 0.578. The number of aromatic nitrogens is 5. The second-order valence-corrected chi connectivity index (χ2v) is 6.68. The smallest absolute Gasteiger partial charge is 0.272 e. The molecule has 0 atom stereocenters. The van der Waals surface area contributed by atoms with E-state index in [1.807, 2.05) is 29.0 Å². The molecule has 0 aliphatic rings. The summed E-state index contributed by atoms with van der Waals surface area (Å²) in [6.07, 6.45) is 6.74. The Bertz CT molecular complexity index is 1130. The first kappa shape index (κ1) is 17.8. The van der Waals surface area contributed by atoms with E-state index in [4.69, 9.17) is 0 Å². The number of hydrogen-bond acceptors (Lipinski definition) is 4. The molecule has 4 aromatic rings. The van der Waals surface area contributed by atoms with Crippen LogP contribution < -0.4 is 5.32 Å². The lowest BCUT2D eigenvalue weighted by Gasteiger charge is -2.09. The van der Waals surface area contributed by atoms with Crippen molar-refractivity contribution < 1.29 is 9.18 Å². The molecule has 3 heterocycles. The van der Waals surface area contributed by atoms with Crippen LogP contribution >= 0.6 is 0 Å². The zero-order valence-electron chi connectivity index (χ0n) is 15.5. The Morgan fingerprint density at radius 3 is 2.71 bits per heavy atom. The minimum atomic E-state index is -0.323. The van der Waals surface area contributed by atoms with E-state index < -0.39 is 0 Å². The number of nitrogens with one attached hydrogen (secondary N) is 1. The largest absolute Gasteiger partial charge is 0.347 e. The molecule has 0 fully saturated rings. The average Bonchev–Trinajstić information content (AvgIpc) is 3.32. The van der Waals surface area contributed by atoms with Gasteiger partial charge >= 0.3 is 0 Å². The van der Waals surface area contributed by atoms with Gasteiger partial charge < -0.3 is 5.32 Å². The molecule has 3 aromatic heterocycles. The monoisotopic (exact) mass is 378 g/mol. The van der Waals surface area contributed by atoms with Crippen LogP contribution in [0.25, 0.3) is 17.0 Å². The van der Waals surface area contributed by atoms with Gasteiger partial charge in [-0.1, -0.05) is 12.1 Å². The van der Waals surface area contributed by atoms with Gasteiger partial charge in [-0.3, -0.25) is 18.9 Å². The summed E-state index contributed by atoms with van der Waals surface area (Å²) < 4.78 is 16.7. The molecule has 7 nitrogen and oxygen atoms in total. The third kappa shape index (κ3) is 3.24. The number of carbonyl (C=O) groups excluding carboxylic acids is 1. The molecule has 28 heavy (non-hydrogen) atoms. The molecule has 1 amide bonds. The second kappa shape index (κ2) is 7.22. The first-order valence-corrected chi connectivity index (χ1v) is 8.93. The van der Waals surface area contributed by atoms with Crippen LogP contribution in [-0.2, 0) is 6.54 Å². The number of rotatable bonds is 5. The molecule has 0 saturated carbocycles. The van der Waals surface area contributed by atoms with E-state index >= 15 is 0 Å². The fourth-order valence-electron chi connectivity index (χ4n) is 3.06. The number of benzene rings is 1. The van der Waals surface area contributed by atoms with Crippen molar-refractivity contribution in [2.45, 2.75) is 26.4 Å². The van der Waals surface area contributed by atoms with Gasteiger partial charge in [-0.25, -0.2) is 9.37 Å². The highest BCUT2D eigenvalue weighted by Crippen LogP contribution is 2.24. The van der Waals surface area contributed by atoms with Crippen LogP contribution in [-0.4, -0.2) is 30.1 Å². The molecule has 0 unspecified atom stereocenters. The van der Waals surface area contributed by atoms with Crippen molar-refractivity contribution in [3.63, 3.8) is 0 Å². The van der Waals surface area contributed by atoms with Crippen molar-refractivity contribution in [1.82, 2.24) is 29.5 Å². The molecule has 0 radical (unpaired) electrons. The van der Waals surface area contributed by atoms with Gasteiger partial charge in [-0.2, -0.15) is 5.10 Å². The first-order chi connectivity index (χ1) is 13.5. The zero-order valence-corrected chi connectivity index (χ0v) is 15.5. The Balaban J connectivity index is 1.68. The van der Waals surface area contributed by atoms with E-state index in [2.05, 4.69) is 20.4 Å². The van der Waals surface area contributed by atoms with Gasteiger partial charge in [0.25, 0.3) is 5.91 Å². The van der Waals surface area contributed by atoms with Gasteiger partial charge in [0.1, 0.15) is 11.5 Å². The maximum absolute atomic E-state index is 13.0. The molecule has 0 aliphatic heterocycles. The standard InChI is InChI=1S/C20H19FN6O/c1-13(2)27-16(7-8-24-27)19-25-18(17-12-22-9-10-26(17)19)20(28)23-11-14-3-5-15(21)6-4-14/h3-10,12-13H,11H2,1-2H3,(H,23,28). The van der Waals surface area contributed by atoms with Crippen LogP contribution in [0.4, 0.5) is 4.39 Å². The van der Waals surface area contributed by atoms with Crippen molar-refractivity contribution in [3.05, 3.63) is 72.2 Å². The van der Waals surface area contributed by atoms with E-state index in [9.17, 15) is 9.18 Å². The summed E-state index contributed by atoms with van der Waals surface area (Å²) in [6, 6.07) is 8.01. The van der Waals surface area contributed by atoms with Crippen molar-refractivity contribution in [1.29, 1.82) is 0 Å². The predicted octanol–water partition coefficient (Wildman–Crippen LogP) is 3.24. The topological polar surface area (TPSA) is 77.1 Å². The zero-order chi connectivity index (χ0) is 19.7. The molecule has 0 aliphatic carbocycles. The number of carbonyl (C=O) groups is 1. The Morgan fingerprint density at radius 1 is 1.18 bits per heavy atom. The normalized spacial score (nSPS) is 11.3. The number of nitrogens with zero attached hydrogens (tertiary/aromatic N) is 5. The van der Waals surface area contributed by atoms with E-state index in [0.717, 1.165) is 11.3 Å². The van der Waals surface area contributed by atoms with Crippen molar-refractivity contribution in [2.24, 2.45) is 0 Å². The van der Waals surface area contributed by atoms with Gasteiger partial charge in [0.15, 0.2) is 11.5 Å². The Labute approximate surface area is 160 Å². The fourth-order valence-corrected chi connectivity index (χ4v) is 3.06. The lowest BCUT2D eigenvalue weighted by atomic mass is 10.2. The third-order valence-corrected chi connectivity index (χ3v) is 4.42. The van der Waals surface area contributed by atoms with Crippen LogP contribution in [0, 0.1) is 5.82 Å². The molecule has 8 heteroatoms. The summed E-state index contributed by atoms with van der Waals surface area (Å²) in [5.74, 6) is -0.0140. The molecule has 0 spiro atoms. The number of fused-ring (bicyclic) bond motifs is 1. The summed E-state index contributed by atoms with van der Waals surface area (Å²) >= 11 is 0. The molecule has 4 rings (SSSR count). The maximum Gasteiger partial charge on any atom is 0.272 e. The van der Waals surface area contributed by atoms with E-state index in [0.29, 0.717) is 11.3 Å². The first-order valence-electron chi connectivity index (χ1n) is 8.93. The average molecular weight is 378 g/mol. The molecule has 142 valence electrons. The summed E-state index contributed by atoms with van der Waals surface area (Å²) in [7, 11) is 0. The van der Waals surface area contributed by atoms with E-state index in [-0.39, 0.29) is 30.0 Å². The molecule has 0 bridgehead atoms. The van der Waals surface area contributed by atoms with Gasteiger partial charge in [0.05, 0.1) is 11.7 Å². The lowest BCUT2D eigenvalue weighted by molar-refractivity contribution is 0.0948. The number of amides is 1. The second-order valence-electron chi connectivity index (χ2n) is 6.68. The van der Waals surface area contributed by atoms with Gasteiger partial charge in [0, 0.05) is 31.2 Å². The number of imidazole rings is 1. The SMILES string of the molecule is CC(C)n1nccc1-c1nc(C(=O)NCc2ccc(F)cc2)c2cnccn12. The van der Waals surface area contributed by atoms with Crippen LogP contribution in [0.5, 0.6) is 0 Å². The van der Waals surface area contributed by atoms with E-state index in [1.165, 1.54) is 12.1 Å². The highest BCUT2D eigenvalue weighted by molar-refractivity contribution is 5.99. The molecule has 1 aromatic carbocycles. The van der Waals surface area contributed by atoms with Crippen LogP contribution in [0.2, 0.25) is 0 Å². The van der Waals surface area contributed by atoms with Crippen molar-refractivity contribution >= 4 is 11.4 Å². The van der Waals surface area contributed by atoms with Crippen molar-refractivity contribution in [3.8, 4) is 11.5 Å². The maximum atomic E-state index is 13.0. The molecular formula is C20H19FN6O. The van der Waals surface area contributed by atoms with Crippen molar-refractivity contribution in [2.75, 3.05) is 0 Å². The molecule has 1 N–H and O–H groups in total. The molecule has 0 saturated heterocycles. The number of hydrogen-bond donors (Lipinski definition) is 1. The third-order valence-electron chi connectivity index (χ3n) is 4.42. The van der Waals surface area contributed by atoms with E-state index in [1.54, 1.807) is 36.9 Å². The highest BCUT2D eigenvalue weighted by Gasteiger charge is 2.21. The summed E-state index contributed by atoms with van der Waals surface area (Å²) in [6.45, 7) is 4.34. The Hall–Kier alpha value is -3.55. The van der Waals surface area contributed by atoms with Gasteiger partial charge in [0.2, 0.25) is 0 Å². The van der Waals surface area contributed by atoms with Crippen LogP contribution in [0.1, 0.15) is 35.9 Å². The highest BCUT2D eigenvalue weighted by atomic mass is 19.1. The summed E-state index contributed by atoms with van der Waals surface area (Å²) in [5, 5.41) is 7.19. The summed E-state index contributed by atoms with van der Waals surface area (Å²) in [4.78, 5) is 21.5. The van der Waals surface area contributed by atoms with Crippen LogP contribution in [0.3, 0.4) is 0 Å². The minimum absolute atomic E-state index is 0.148. The minimum Gasteiger partial charge on any atom is -0.347 e. The lowest BCUT2D eigenvalue weighted by Crippen LogP contribution is -2.23. The fraction of sp³-hybridized carbons (Fsp3) is 0.200. The van der Waals surface area contributed by atoms with Gasteiger partial charge in [-0.15, -0.1) is 0 Å². The molecular weight excluding hydrogens is 359 g/mol.